The first-order chi connectivity index (χ1) is 17.1. The second-order valence-corrected chi connectivity index (χ2v) is 14.5. The van der Waals surface area contributed by atoms with Crippen molar-refractivity contribution in [2.45, 2.75) is 91.0 Å². The Kier molecular flexibility index (Phi) is 9.37. The summed E-state index contributed by atoms with van der Waals surface area (Å²) in [5.41, 5.74) is 5.34. The molecule has 0 saturated carbocycles. The Morgan fingerprint density at radius 2 is 1.54 bits per heavy atom. The lowest BCUT2D eigenvalue weighted by Gasteiger charge is -2.27. The monoisotopic (exact) mass is 531 g/mol. The van der Waals surface area contributed by atoms with Gasteiger partial charge in [-0.25, -0.2) is 13.1 Å². The number of hydrogen-bond acceptors (Lipinski definition) is 4. The Balaban J connectivity index is 2.06. The van der Waals surface area contributed by atoms with Crippen molar-refractivity contribution in [2.75, 3.05) is 39.4 Å². The molecule has 1 N–H and O–H groups in total. The van der Waals surface area contributed by atoms with Crippen LogP contribution in [-0.2, 0) is 32.1 Å². The Morgan fingerprint density at radius 1 is 0.973 bits per heavy atom. The molecule has 0 amide bonds. The average Bonchev–Trinajstić information content (AvgIpc) is 3.15. The van der Waals surface area contributed by atoms with Crippen LogP contribution in [0.4, 0.5) is 0 Å². The van der Waals surface area contributed by atoms with Crippen molar-refractivity contribution in [3.63, 3.8) is 0 Å². The molecule has 1 unspecified atom stereocenters. The molecule has 6 nitrogen and oxygen atoms in total. The molecule has 1 aromatic carbocycles. The largest absolute Gasteiger partial charge is 0.379 e. The third-order valence-electron chi connectivity index (χ3n) is 7.59. The van der Waals surface area contributed by atoms with Crippen molar-refractivity contribution >= 4 is 10.0 Å². The van der Waals surface area contributed by atoms with Gasteiger partial charge in [0.1, 0.15) is 4.90 Å². The summed E-state index contributed by atoms with van der Waals surface area (Å²) in [4.78, 5) is 2.62. The van der Waals surface area contributed by atoms with Gasteiger partial charge in [0, 0.05) is 44.1 Å². The van der Waals surface area contributed by atoms with Gasteiger partial charge in [-0.15, -0.1) is 0 Å². The molecule has 0 spiro atoms. The van der Waals surface area contributed by atoms with Gasteiger partial charge < -0.3 is 9.30 Å². The highest BCUT2D eigenvalue weighted by atomic mass is 32.2. The molecule has 0 aliphatic carbocycles. The standard InChI is InChI=1S/C30H49N3O3S/c1-10-22(2)21-33-23(3)28(37(34,35)31-11-12-32-13-15-36-16-14-32)20-27(33)24-17-25(29(4,5)6)19-26(18-24)30(7,8)9/h17-20,22,31H,10-16,21H2,1-9H3. The molecule has 37 heavy (non-hydrogen) atoms. The molecular weight excluding hydrogens is 482 g/mol. The molecule has 3 rings (SSSR count). The predicted molar refractivity (Wildman–Crippen MR) is 154 cm³/mol. The van der Waals surface area contributed by atoms with Crippen LogP contribution >= 0.6 is 0 Å². The predicted octanol–water partition coefficient (Wildman–Crippen LogP) is 5.72. The van der Waals surface area contributed by atoms with Crippen LogP contribution in [0.25, 0.3) is 11.3 Å². The number of ether oxygens (including phenoxy) is 1. The lowest BCUT2D eigenvalue weighted by Crippen LogP contribution is -2.41. The Morgan fingerprint density at radius 3 is 2.05 bits per heavy atom. The highest BCUT2D eigenvalue weighted by Crippen LogP contribution is 2.36. The van der Waals surface area contributed by atoms with E-state index in [1.807, 2.05) is 13.0 Å². The molecule has 1 atom stereocenters. The summed E-state index contributed by atoms with van der Waals surface area (Å²) in [5, 5.41) is 0. The smallest absolute Gasteiger partial charge is 0.242 e. The van der Waals surface area contributed by atoms with E-state index in [0.717, 1.165) is 43.0 Å². The van der Waals surface area contributed by atoms with Crippen LogP contribution in [0.2, 0.25) is 0 Å². The van der Waals surface area contributed by atoms with E-state index >= 15 is 0 Å². The Hall–Kier alpha value is -1.67. The van der Waals surface area contributed by atoms with E-state index < -0.39 is 10.0 Å². The van der Waals surface area contributed by atoms with Gasteiger partial charge >= 0.3 is 0 Å². The fourth-order valence-electron chi connectivity index (χ4n) is 4.69. The average molecular weight is 532 g/mol. The molecule has 1 aromatic heterocycles. The molecule has 0 radical (unpaired) electrons. The summed E-state index contributed by atoms with van der Waals surface area (Å²) < 4.78 is 37.6. The van der Waals surface area contributed by atoms with E-state index in [-0.39, 0.29) is 10.8 Å². The van der Waals surface area contributed by atoms with E-state index in [4.69, 9.17) is 4.74 Å². The van der Waals surface area contributed by atoms with E-state index in [1.165, 1.54) is 11.1 Å². The van der Waals surface area contributed by atoms with Crippen molar-refractivity contribution in [1.29, 1.82) is 0 Å². The molecule has 2 aromatic rings. The van der Waals surface area contributed by atoms with Gasteiger partial charge in [0.25, 0.3) is 0 Å². The zero-order valence-corrected chi connectivity index (χ0v) is 25.4. The first-order valence-corrected chi connectivity index (χ1v) is 15.3. The second-order valence-electron chi connectivity index (χ2n) is 12.8. The molecule has 1 aliphatic rings. The third kappa shape index (κ3) is 7.47. The third-order valence-corrected chi connectivity index (χ3v) is 9.16. The lowest BCUT2D eigenvalue weighted by atomic mass is 9.79. The van der Waals surface area contributed by atoms with Crippen LogP contribution in [0.1, 0.15) is 78.6 Å². The topological polar surface area (TPSA) is 63.6 Å². The number of morpholine rings is 1. The van der Waals surface area contributed by atoms with Gasteiger partial charge in [0.05, 0.1) is 13.2 Å². The molecular formula is C30H49N3O3S. The van der Waals surface area contributed by atoms with Gasteiger partial charge in [-0.3, -0.25) is 4.90 Å². The van der Waals surface area contributed by atoms with Crippen molar-refractivity contribution in [3.8, 4) is 11.3 Å². The first kappa shape index (κ1) is 29.9. The number of aromatic nitrogens is 1. The zero-order chi connectivity index (χ0) is 27.6. The Bertz CT molecular complexity index is 1130. The van der Waals surface area contributed by atoms with Crippen LogP contribution < -0.4 is 4.72 Å². The molecule has 1 aliphatic heterocycles. The fourth-order valence-corrected chi connectivity index (χ4v) is 5.97. The number of rotatable bonds is 9. The number of hydrogen-bond donors (Lipinski definition) is 1. The maximum absolute atomic E-state index is 13.5. The minimum absolute atomic E-state index is 0.0187. The van der Waals surface area contributed by atoms with Gasteiger partial charge in [0.2, 0.25) is 10.0 Å². The summed E-state index contributed by atoms with van der Waals surface area (Å²) in [6.45, 7) is 24.7. The summed E-state index contributed by atoms with van der Waals surface area (Å²) in [6, 6.07) is 8.70. The maximum atomic E-state index is 13.5. The van der Waals surface area contributed by atoms with Crippen LogP contribution in [0.5, 0.6) is 0 Å². The second kappa shape index (κ2) is 11.6. The highest BCUT2D eigenvalue weighted by molar-refractivity contribution is 7.89. The zero-order valence-electron chi connectivity index (χ0n) is 24.6. The Labute approximate surface area is 225 Å². The number of benzene rings is 1. The van der Waals surface area contributed by atoms with Gasteiger partial charge in [-0.1, -0.05) is 67.9 Å². The molecule has 0 bridgehead atoms. The number of nitrogens with one attached hydrogen (secondary N) is 1. The number of sulfonamides is 1. The summed E-state index contributed by atoms with van der Waals surface area (Å²) in [6.07, 6.45) is 1.03. The SMILES string of the molecule is CCC(C)Cn1c(-c2cc(C(C)(C)C)cc(C(C)(C)C)c2)cc(S(=O)(=O)NCCN2CCOCC2)c1C. The van der Waals surface area contributed by atoms with Gasteiger partial charge in [-0.05, 0) is 58.6 Å². The minimum Gasteiger partial charge on any atom is -0.379 e. The quantitative estimate of drug-likeness (QED) is 0.450. The summed E-state index contributed by atoms with van der Waals surface area (Å²) in [7, 11) is -3.65. The van der Waals surface area contributed by atoms with Crippen molar-refractivity contribution in [1.82, 2.24) is 14.2 Å². The van der Waals surface area contributed by atoms with Crippen LogP contribution in [0.3, 0.4) is 0 Å². The van der Waals surface area contributed by atoms with E-state index in [0.29, 0.717) is 37.1 Å². The maximum Gasteiger partial charge on any atom is 0.242 e. The van der Waals surface area contributed by atoms with Crippen LogP contribution in [-0.4, -0.2) is 57.3 Å². The van der Waals surface area contributed by atoms with Crippen LogP contribution in [0.15, 0.2) is 29.2 Å². The van der Waals surface area contributed by atoms with Crippen molar-refractivity contribution < 1.29 is 13.2 Å². The summed E-state index contributed by atoms with van der Waals surface area (Å²) >= 11 is 0. The normalized spacial score (nSPS) is 16.8. The molecule has 2 heterocycles. The molecule has 1 fully saturated rings. The van der Waals surface area contributed by atoms with E-state index in [9.17, 15) is 8.42 Å². The van der Waals surface area contributed by atoms with Crippen molar-refractivity contribution in [3.05, 3.63) is 41.1 Å². The lowest BCUT2D eigenvalue weighted by molar-refractivity contribution is 0.0390. The highest BCUT2D eigenvalue weighted by Gasteiger charge is 2.27. The van der Waals surface area contributed by atoms with E-state index in [1.54, 1.807) is 0 Å². The fraction of sp³-hybridized carbons (Fsp3) is 0.667. The number of nitrogens with zero attached hydrogens (tertiary/aromatic N) is 2. The molecule has 7 heteroatoms. The molecule has 1 saturated heterocycles. The first-order valence-electron chi connectivity index (χ1n) is 13.8. The van der Waals surface area contributed by atoms with Gasteiger partial charge in [0.15, 0.2) is 0 Å². The molecule has 208 valence electrons. The van der Waals surface area contributed by atoms with Crippen molar-refractivity contribution in [2.24, 2.45) is 5.92 Å². The van der Waals surface area contributed by atoms with Crippen LogP contribution in [0, 0.1) is 12.8 Å². The van der Waals surface area contributed by atoms with Gasteiger partial charge in [-0.2, -0.15) is 0 Å². The minimum atomic E-state index is -3.65. The summed E-state index contributed by atoms with van der Waals surface area (Å²) in [5.74, 6) is 0.433. The van der Waals surface area contributed by atoms with E-state index in [2.05, 4.69) is 87.8 Å².